The Labute approximate surface area is 197 Å². The van der Waals surface area contributed by atoms with Gasteiger partial charge in [-0.2, -0.15) is 0 Å². The molecule has 3 aromatic heterocycles. The number of pyridine rings is 1. The van der Waals surface area contributed by atoms with Crippen molar-refractivity contribution < 1.29 is 14.3 Å². The molecule has 5 rings (SSSR count). The van der Waals surface area contributed by atoms with Crippen molar-refractivity contribution in [1.29, 1.82) is 0 Å². The van der Waals surface area contributed by atoms with E-state index in [0.29, 0.717) is 30.3 Å². The van der Waals surface area contributed by atoms with E-state index in [1.54, 1.807) is 32.6 Å². The molecule has 4 heterocycles. The van der Waals surface area contributed by atoms with Crippen molar-refractivity contribution in [3.8, 4) is 17.0 Å². The summed E-state index contributed by atoms with van der Waals surface area (Å²) in [5.41, 5.74) is 4.28. The van der Waals surface area contributed by atoms with Gasteiger partial charge in [-0.1, -0.05) is 6.07 Å². The Morgan fingerprint density at radius 3 is 2.82 bits per heavy atom. The molecule has 0 bridgehead atoms. The molecular formula is C25H26N6O3. The minimum atomic E-state index is -0.141. The SMILES string of the molecule is CNC(=O)c1ccc(CCNc2cc(-c3cnc4c(ccn4C4COC4)c3)ncn2)c(OC)c1. The molecule has 1 fully saturated rings. The maximum absolute atomic E-state index is 11.9. The zero-order valence-electron chi connectivity index (χ0n) is 19.1. The number of hydrogen-bond donors (Lipinski definition) is 2. The standard InChI is InChI=1S/C25H26N6O3/c1-26-25(32)18-4-3-16(22(10-18)33-2)5-7-27-23-11-21(29-15-30-23)19-9-17-6-8-31(20-13-34-14-20)24(17)28-12-19/h3-4,6,8-12,15,20H,5,7,13-14H2,1-2H3,(H,26,32)(H,27,29,30). The van der Waals surface area contributed by atoms with Crippen LogP contribution in [-0.4, -0.2) is 59.3 Å². The highest BCUT2D eigenvalue weighted by Crippen LogP contribution is 2.27. The summed E-state index contributed by atoms with van der Waals surface area (Å²) in [6.07, 6.45) is 6.18. The second-order valence-electron chi connectivity index (χ2n) is 8.12. The number of aromatic nitrogens is 4. The van der Waals surface area contributed by atoms with Gasteiger partial charge in [0.05, 0.1) is 32.1 Å². The Balaban J connectivity index is 1.27. The lowest BCUT2D eigenvalue weighted by Crippen LogP contribution is -2.30. The number of methoxy groups -OCH3 is 1. The fraction of sp³-hybridized carbons (Fsp3) is 0.280. The summed E-state index contributed by atoms with van der Waals surface area (Å²) in [5.74, 6) is 1.28. The van der Waals surface area contributed by atoms with Crippen LogP contribution in [0.5, 0.6) is 5.75 Å². The minimum absolute atomic E-state index is 0.141. The Morgan fingerprint density at radius 2 is 2.06 bits per heavy atom. The maximum Gasteiger partial charge on any atom is 0.251 e. The number of nitrogens with zero attached hydrogens (tertiary/aromatic N) is 4. The molecule has 1 aliphatic rings. The van der Waals surface area contributed by atoms with Gasteiger partial charge in [0, 0.05) is 48.6 Å². The van der Waals surface area contributed by atoms with Crippen LogP contribution in [0, 0.1) is 0 Å². The molecule has 1 amide bonds. The number of carbonyl (C=O) groups excluding carboxylic acids is 1. The topological polar surface area (TPSA) is 103 Å². The Bertz CT molecular complexity index is 1330. The Kier molecular flexibility index (Phi) is 6.09. The van der Waals surface area contributed by atoms with Crippen LogP contribution in [-0.2, 0) is 11.2 Å². The third-order valence-corrected chi connectivity index (χ3v) is 6.01. The van der Waals surface area contributed by atoms with Gasteiger partial charge in [0.2, 0.25) is 0 Å². The first-order valence-electron chi connectivity index (χ1n) is 11.2. The van der Waals surface area contributed by atoms with Crippen LogP contribution in [0.25, 0.3) is 22.3 Å². The summed E-state index contributed by atoms with van der Waals surface area (Å²) < 4.78 is 13.0. The van der Waals surface area contributed by atoms with E-state index in [2.05, 4.69) is 48.5 Å². The lowest BCUT2D eigenvalue weighted by molar-refractivity contribution is -0.0216. The fourth-order valence-corrected chi connectivity index (χ4v) is 4.04. The Hall–Kier alpha value is -3.98. The molecule has 1 aromatic carbocycles. The average Bonchev–Trinajstić information content (AvgIpc) is 3.25. The van der Waals surface area contributed by atoms with E-state index in [1.807, 2.05) is 18.3 Å². The van der Waals surface area contributed by atoms with Crippen LogP contribution in [0.1, 0.15) is 22.0 Å². The summed E-state index contributed by atoms with van der Waals surface area (Å²) in [7, 11) is 3.22. The minimum Gasteiger partial charge on any atom is -0.496 e. The lowest BCUT2D eigenvalue weighted by Gasteiger charge is -2.27. The van der Waals surface area contributed by atoms with Crippen molar-refractivity contribution >= 4 is 22.8 Å². The normalized spacial score (nSPS) is 13.5. The van der Waals surface area contributed by atoms with Gasteiger partial charge in [-0.05, 0) is 36.2 Å². The monoisotopic (exact) mass is 458 g/mol. The second-order valence-corrected chi connectivity index (χ2v) is 8.12. The van der Waals surface area contributed by atoms with E-state index in [-0.39, 0.29) is 5.91 Å². The lowest BCUT2D eigenvalue weighted by atomic mass is 10.1. The molecule has 4 aromatic rings. The predicted molar refractivity (Wildman–Crippen MR) is 129 cm³/mol. The van der Waals surface area contributed by atoms with Gasteiger partial charge >= 0.3 is 0 Å². The van der Waals surface area contributed by atoms with E-state index in [1.165, 1.54) is 0 Å². The number of hydrogen-bond acceptors (Lipinski definition) is 7. The van der Waals surface area contributed by atoms with Crippen molar-refractivity contribution in [2.45, 2.75) is 12.5 Å². The highest BCUT2D eigenvalue weighted by molar-refractivity contribution is 5.94. The van der Waals surface area contributed by atoms with Crippen molar-refractivity contribution in [2.24, 2.45) is 0 Å². The molecule has 2 N–H and O–H groups in total. The maximum atomic E-state index is 11.9. The van der Waals surface area contributed by atoms with Crippen LogP contribution >= 0.6 is 0 Å². The van der Waals surface area contributed by atoms with Gasteiger partial charge in [0.15, 0.2) is 0 Å². The van der Waals surface area contributed by atoms with Crippen molar-refractivity contribution in [1.82, 2.24) is 24.8 Å². The summed E-state index contributed by atoms with van der Waals surface area (Å²) in [4.78, 5) is 25.3. The van der Waals surface area contributed by atoms with Crippen molar-refractivity contribution in [2.75, 3.05) is 39.2 Å². The first-order valence-corrected chi connectivity index (χ1v) is 11.2. The third kappa shape index (κ3) is 4.29. The number of amides is 1. The van der Waals surface area contributed by atoms with Crippen LogP contribution < -0.4 is 15.4 Å². The fourth-order valence-electron chi connectivity index (χ4n) is 4.04. The Morgan fingerprint density at radius 1 is 1.18 bits per heavy atom. The number of rotatable bonds is 8. The average molecular weight is 459 g/mol. The molecule has 9 nitrogen and oxygen atoms in total. The molecule has 0 radical (unpaired) electrons. The van der Waals surface area contributed by atoms with Gasteiger partial charge in [-0.3, -0.25) is 4.79 Å². The number of anilines is 1. The first-order chi connectivity index (χ1) is 16.7. The predicted octanol–water partition coefficient (Wildman–Crippen LogP) is 3.09. The van der Waals surface area contributed by atoms with Crippen molar-refractivity contribution in [3.05, 3.63) is 66.2 Å². The van der Waals surface area contributed by atoms with E-state index in [9.17, 15) is 4.79 Å². The molecule has 9 heteroatoms. The summed E-state index contributed by atoms with van der Waals surface area (Å²) in [5, 5.41) is 7.05. The highest BCUT2D eigenvalue weighted by Gasteiger charge is 2.22. The second kappa shape index (κ2) is 9.48. The van der Waals surface area contributed by atoms with E-state index < -0.39 is 0 Å². The molecule has 0 aliphatic carbocycles. The van der Waals surface area contributed by atoms with Gasteiger partial charge in [0.1, 0.15) is 23.5 Å². The molecule has 34 heavy (non-hydrogen) atoms. The molecule has 1 aliphatic heterocycles. The zero-order valence-corrected chi connectivity index (χ0v) is 19.1. The summed E-state index contributed by atoms with van der Waals surface area (Å²) >= 11 is 0. The van der Waals surface area contributed by atoms with Crippen molar-refractivity contribution in [3.63, 3.8) is 0 Å². The molecule has 1 saturated heterocycles. The molecular weight excluding hydrogens is 432 g/mol. The van der Waals surface area contributed by atoms with Gasteiger partial charge in [-0.25, -0.2) is 15.0 Å². The van der Waals surface area contributed by atoms with Crippen LogP contribution in [0.2, 0.25) is 0 Å². The number of nitrogens with one attached hydrogen (secondary N) is 2. The molecule has 0 unspecified atom stereocenters. The first kappa shape index (κ1) is 21.8. The molecule has 0 saturated carbocycles. The summed E-state index contributed by atoms with van der Waals surface area (Å²) in [6, 6.07) is 11.9. The van der Waals surface area contributed by atoms with Crippen LogP contribution in [0.3, 0.4) is 0 Å². The van der Waals surface area contributed by atoms with Gasteiger partial charge < -0.3 is 24.7 Å². The van der Waals surface area contributed by atoms with E-state index in [0.717, 1.165) is 46.9 Å². The third-order valence-electron chi connectivity index (χ3n) is 6.01. The molecule has 0 spiro atoms. The van der Waals surface area contributed by atoms with Crippen LogP contribution in [0.4, 0.5) is 5.82 Å². The number of benzene rings is 1. The largest absolute Gasteiger partial charge is 0.496 e. The van der Waals surface area contributed by atoms with E-state index >= 15 is 0 Å². The number of carbonyl (C=O) groups is 1. The highest BCUT2D eigenvalue weighted by atomic mass is 16.5. The van der Waals surface area contributed by atoms with E-state index in [4.69, 9.17) is 9.47 Å². The van der Waals surface area contributed by atoms with Gasteiger partial charge in [-0.15, -0.1) is 0 Å². The zero-order chi connectivity index (χ0) is 23.5. The smallest absolute Gasteiger partial charge is 0.251 e. The number of ether oxygens (including phenoxy) is 2. The quantitative estimate of drug-likeness (QED) is 0.418. The molecule has 0 atom stereocenters. The number of fused-ring (bicyclic) bond motifs is 1. The summed E-state index contributed by atoms with van der Waals surface area (Å²) in [6.45, 7) is 2.12. The van der Waals surface area contributed by atoms with Crippen LogP contribution in [0.15, 0.2) is 55.1 Å². The molecule has 174 valence electrons. The van der Waals surface area contributed by atoms with Gasteiger partial charge in [0.25, 0.3) is 5.91 Å².